The summed E-state index contributed by atoms with van der Waals surface area (Å²) in [6, 6.07) is 12.1. The number of phenols is 1. The number of aromatic nitrogens is 3. The van der Waals surface area contributed by atoms with E-state index >= 15 is 0 Å². The number of methoxy groups -OCH3 is 1. The number of aromatic hydroxyl groups is 1. The highest BCUT2D eigenvalue weighted by atomic mass is 35.5. The number of non-ortho nitro benzene ring substituents is 1. The van der Waals surface area contributed by atoms with Crippen LogP contribution in [0.4, 0.5) is 34.9 Å². The molecule has 2 heterocycles. The zero-order valence-corrected chi connectivity index (χ0v) is 20.8. The number of nitrogens with zero attached hydrogens (tertiary/aromatic N) is 6. The Morgan fingerprint density at radius 2 is 1.77 bits per heavy atom. The van der Waals surface area contributed by atoms with E-state index in [4.69, 9.17) is 9.15 Å². The summed E-state index contributed by atoms with van der Waals surface area (Å²) in [5.74, 6) is 0.745. The van der Waals surface area contributed by atoms with Crippen molar-refractivity contribution in [1.29, 1.82) is 0 Å². The van der Waals surface area contributed by atoms with E-state index in [1.807, 2.05) is 0 Å². The predicted molar refractivity (Wildman–Crippen MR) is 142 cm³/mol. The lowest BCUT2D eigenvalue weighted by Gasteiger charge is -2.10. The van der Waals surface area contributed by atoms with Gasteiger partial charge < -0.3 is 24.9 Å². The number of nitrogens with one attached hydrogen (secondary N) is 3. The molecule has 0 radical (unpaired) electrons. The van der Waals surface area contributed by atoms with E-state index in [1.54, 1.807) is 43.5 Å². The molecule has 4 rings (SSSR count). The summed E-state index contributed by atoms with van der Waals surface area (Å²) in [4.78, 5) is 33.3. The molecule has 0 aliphatic heterocycles. The third-order valence-corrected chi connectivity index (χ3v) is 4.86. The molecule has 202 valence electrons. The maximum atomic E-state index is 11.2. The fourth-order valence-corrected chi connectivity index (χ4v) is 3.07. The summed E-state index contributed by atoms with van der Waals surface area (Å²) in [6.45, 7) is 0.271. The normalized spacial score (nSPS) is 10.5. The summed E-state index contributed by atoms with van der Waals surface area (Å²) in [7, 11) is 1.55. The van der Waals surface area contributed by atoms with Crippen LogP contribution in [0.5, 0.6) is 11.5 Å². The van der Waals surface area contributed by atoms with Crippen molar-refractivity contribution in [3.63, 3.8) is 0 Å². The predicted octanol–water partition coefficient (Wildman–Crippen LogP) is 4.22. The highest BCUT2D eigenvalue weighted by Gasteiger charge is 2.23. The quantitative estimate of drug-likeness (QED) is 0.115. The molecule has 16 nitrogen and oxygen atoms in total. The first-order chi connectivity index (χ1) is 18.3. The van der Waals surface area contributed by atoms with Gasteiger partial charge in [0.1, 0.15) is 11.5 Å². The van der Waals surface area contributed by atoms with Gasteiger partial charge in [0.2, 0.25) is 23.6 Å². The van der Waals surface area contributed by atoms with E-state index in [2.05, 4.69) is 36.1 Å². The van der Waals surface area contributed by atoms with Crippen LogP contribution < -0.4 is 20.8 Å². The molecule has 0 saturated heterocycles. The molecular weight excluding hydrogens is 538 g/mol. The van der Waals surface area contributed by atoms with Crippen molar-refractivity contribution in [1.82, 2.24) is 15.0 Å². The lowest BCUT2D eigenvalue weighted by molar-refractivity contribution is -0.394. The van der Waals surface area contributed by atoms with Crippen LogP contribution in [0.3, 0.4) is 0 Å². The van der Waals surface area contributed by atoms with E-state index < -0.39 is 27.0 Å². The second-order valence-corrected chi connectivity index (χ2v) is 7.38. The van der Waals surface area contributed by atoms with Crippen molar-refractivity contribution >= 4 is 53.5 Å². The van der Waals surface area contributed by atoms with Crippen LogP contribution in [0.2, 0.25) is 0 Å². The van der Waals surface area contributed by atoms with E-state index in [1.165, 1.54) is 6.26 Å². The number of hydrogen-bond acceptors (Lipinski definition) is 14. The standard InChI is InChI=1S/C22H19N9O7.ClH/c1-37-16-6-4-14(5-7-16)25-21-26-20(23-12-17-3-2-8-38-17)27-22(28-21)29-24-11-13-9-15(30(33)34)10-18(19(13)32)31(35)36;/h2-11,32H,12H2,1H3,(H3,23,25,26,27,28,29);1H. The summed E-state index contributed by atoms with van der Waals surface area (Å²) in [6.07, 6.45) is 2.49. The average Bonchev–Trinajstić information content (AvgIpc) is 3.42. The molecule has 0 unspecified atom stereocenters. The van der Waals surface area contributed by atoms with Crippen LogP contribution in [0.25, 0.3) is 0 Å². The SMILES string of the molecule is COc1ccc(Nc2nc(NCc3ccco3)nc(NN=Cc3cc([N+](=O)[O-])cc([N+](=O)[O-])c3O)n2)cc1.Cl. The first kappa shape index (κ1) is 28.1. The molecule has 0 fully saturated rings. The zero-order chi connectivity index (χ0) is 27.1. The third-order valence-electron chi connectivity index (χ3n) is 4.86. The smallest absolute Gasteiger partial charge is 0.318 e. The van der Waals surface area contributed by atoms with E-state index in [0.29, 0.717) is 23.3 Å². The fraction of sp³-hybridized carbons (Fsp3) is 0.0909. The largest absolute Gasteiger partial charge is 0.502 e. The summed E-state index contributed by atoms with van der Waals surface area (Å²) >= 11 is 0. The number of phenolic OH excluding ortho intramolecular Hbond substituents is 1. The summed E-state index contributed by atoms with van der Waals surface area (Å²) in [5, 5.41) is 42.3. The van der Waals surface area contributed by atoms with Crippen LogP contribution in [0.1, 0.15) is 11.3 Å². The van der Waals surface area contributed by atoms with Gasteiger partial charge in [-0.05, 0) is 36.4 Å². The van der Waals surface area contributed by atoms with Gasteiger partial charge in [0.15, 0.2) is 0 Å². The minimum absolute atomic E-state index is 0. The number of nitro benzene ring substituents is 2. The number of hydrogen-bond donors (Lipinski definition) is 4. The van der Waals surface area contributed by atoms with Gasteiger partial charge in [-0.3, -0.25) is 20.2 Å². The molecule has 0 saturated carbocycles. The molecule has 0 atom stereocenters. The van der Waals surface area contributed by atoms with Gasteiger partial charge in [-0.2, -0.15) is 20.1 Å². The first-order valence-electron chi connectivity index (χ1n) is 10.7. The highest BCUT2D eigenvalue weighted by Crippen LogP contribution is 2.33. The molecule has 0 aliphatic carbocycles. The Balaban J connectivity index is 0.00000420. The van der Waals surface area contributed by atoms with Gasteiger partial charge in [-0.1, -0.05) is 0 Å². The van der Waals surface area contributed by atoms with Crippen LogP contribution in [0.15, 0.2) is 64.3 Å². The van der Waals surface area contributed by atoms with Crippen LogP contribution >= 0.6 is 12.4 Å². The number of furan rings is 1. The minimum Gasteiger partial charge on any atom is -0.502 e. The Bertz CT molecular complexity index is 1480. The Kier molecular flexibility index (Phi) is 9.10. The van der Waals surface area contributed by atoms with Crippen LogP contribution in [0, 0.1) is 20.2 Å². The molecule has 0 amide bonds. The van der Waals surface area contributed by atoms with Crippen molar-refractivity contribution in [3.05, 3.63) is 86.3 Å². The first-order valence-corrected chi connectivity index (χ1v) is 10.7. The fourth-order valence-electron chi connectivity index (χ4n) is 3.07. The number of nitro groups is 2. The van der Waals surface area contributed by atoms with Crippen molar-refractivity contribution in [2.75, 3.05) is 23.2 Å². The van der Waals surface area contributed by atoms with E-state index in [9.17, 15) is 25.3 Å². The topological polar surface area (TPSA) is 216 Å². The van der Waals surface area contributed by atoms with Crippen molar-refractivity contribution in [2.45, 2.75) is 6.54 Å². The number of hydrazone groups is 1. The molecule has 0 bridgehead atoms. The Hall–Kier alpha value is -5.51. The lowest BCUT2D eigenvalue weighted by atomic mass is 10.1. The molecule has 0 spiro atoms. The molecule has 2 aromatic heterocycles. The number of rotatable bonds is 11. The van der Waals surface area contributed by atoms with Crippen LogP contribution in [-0.4, -0.2) is 43.2 Å². The summed E-state index contributed by atoms with van der Waals surface area (Å²) < 4.78 is 10.4. The second kappa shape index (κ2) is 12.6. The van der Waals surface area contributed by atoms with E-state index in [0.717, 1.165) is 12.3 Å². The van der Waals surface area contributed by atoms with E-state index in [-0.39, 0.29) is 42.4 Å². The van der Waals surface area contributed by atoms with Crippen molar-refractivity contribution in [3.8, 4) is 11.5 Å². The van der Waals surface area contributed by atoms with Crippen molar-refractivity contribution < 1.29 is 24.1 Å². The van der Waals surface area contributed by atoms with Gasteiger partial charge in [0, 0.05) is 11.8 Å². The minimum atomic E-state index is -0.937. The molecule has 2 aromatic carbocycles. The number of anilines is 4. The second-order valence-electron chi connectivity index (χ2n) is 7.38. The van der Waals surface area contributed by atoms with Gasteiger partial charge in [0.25, 0.3) is 5.69 Å². The Morgan fingerprint density at radius 1 is 1.05 bits per heavy atom. The molecule has 0 aliphatic rings. The Morgan fingerprint density at radius 3 is 2.41 bits per heavy atom. The molecule has 39 heavy (non-hydrogen) atoms. The molecule has 4 N–H and O–H groups in total. The Labute approximate surface area is 225 Å². The highest BCUT2D eigenvalue weighted by molar-refractivity contribution is 5.87. The van der Waals surface area contributed by atoms with Gasteiger partial charge in [0.05, 0.1) is 47.6 Å². The summed E-state index contributed by atoms with van der Waals surface area (Å²) in [5.41, 5.74) is 1.49. The lowest BCUT2D eigenvalue weighted by Crippen LogP contribution is -2.09. The van der Waals surface area contributed by atoms with Gasteiger partial charge >= 0.3 is 5.69 Å². The molecular formula is C22H20ClN9O7. The van der Waals surface area contributed by atoms with Crippen molar-refractivity contribution in [2.24, 2.45) is 5.10 Å². The van der Waals surface area contributed by atoms with Gasteiger partial charge in [-0.15, -0.1) is 12.4 Å². The van der Waals surface area contributed by atoms with Crippen LogP contribution in [-0.2, 0) is 6.54 Å². The number of benzene rings is 2. The van der Waals surface area contributed by atoms with Gasteiger partial charge in [-0.25, -0.2) is 5.43 Å². The maximum Gasteiger partial charge on any atom is 0.318 e. The maximum absolute atomic E-state index is 11.2. The monoisotopic (exact) mass is 557 g/mol. The molecule has 17 heteroatoms. The molecule has 4 aromatic rings. The number of halogens is 1. The third kappa shape index (κ3) is 7.26. The average molecular weight is 558 g/mol. The number of ether oxygens (including phenoxy) is 1. The zero-order valence-electron chi connectivity index (χ0n) is 20.0.